The van der Waals surface area contributed by atoms with Crippen molar-refractivity contribution in [3.8, 4) is 0 Å². The molecular weight excluding hydrogens is 444 g/mol. The van der Waals surface area contributed by atoms with E-state index in [1.165, 1.54) is 39.5 Å². The summed E-state index contributed by atoms with van der Waals surface area (Å²) in [6, 6.07) is 3.66. The van der Waals surface area contributed by atoms with Gasteiger partial charge in [-0.15, -0.1) is 32.9 Å². The van der Waals surface area contributed by atoms with Crippen LogP contribution in [-0.4, -0.2) is 71.3 Å². The van der Waals surface area contributed by atoms with Crippen molar-refractivity contribution in [3.63, 3.8) is 0 Å². The fraction of sp³-hybridized carbons (Fsp3) is 0.389. The maximum Gasteiger partial charge on any atom is 0.277 e. The van der Waals surface area contributed by atoms with Gasteiger partial charge in [0.15, 0.2) is 5.13 Å². The summed E-state index contributed by atoms with van der Waals surface area (Å²) in [5.41, 5.74) is 1.79. The Balaban J connectivity index is 1.45. The van der Waals surface area contributed by atoms with E-state index in [2.05, 4.69) is 25.4 Å². The molecule has 3 aromatic heterocycles. The summed E-state index contributed by atoms with van der Waals surface area (Å²) in [4.78, 5) is 34.6. The third-order valence-electron chi connectivity index (χ3n) is 4.47. The minimum Gasteiger partial charge on any atom is -0.379 e. The number of nitrogens with one attached hydrogen (secondary N) is 1. The molecule has 30 heavy (non-hydrogen) atoms. The summed E-state index contributed by atoms with van der Waals surface area (Å²) in [5, 5.41) is 14.6. The molecule has 0 radical (unpaired) electrons. The number of carbonyl (C=O) groups is 2. The molecule has 0 unspecified atom stereocenters. The quantitative estimate of drug-likeness (QED) is 0.547. The molecule has 1 aliphatic rings. The molecule has 4 rings (SSSR count). The smallest absolute Gasteiger partial charge is 0.277 e. The molecule has 0 bridgehead atoms. The molecule has 9 nitrogen and oxygen atoms in total. The number of thiazole rings is 1. The van der Waals surface area contributed by atoms with Gasteiger partial charge in [-0.25, -0.2) is 4.98 Å². The summed E-state index contributed by atoms with van der Waals surface area (Å²) >= 11 is 3.91. The minimum atomic E-state index is -0.369. The molecule has 158 valence electrons. The summed E-state index contributed by atoms with van der Waals surface area (Å²) in [5.74, 6) is -0.469. The van der Waals surface area contributed by atoms with Crippen molar-refractivity contribution < 1.29 is 14.3 Å². The zero-order valence-electron chi connectivity index (χ0n) is 16.0. The van der Waals surface area contributed by atoms with Crippen molar-refractivity contribution in [2.24, 2.45) is 0 Å². The van der Waals surface area contributed by atoms with Crippen LogP contribution in [0.15, 0.2) is 28.4 Å². The number of aromatic nitrogens is 3. The van der Waals surface area contributed by atoms with Crippen LogP contribution in [0, 0.1) is 0 Å². The third-order valence-corrected chi connectivity index (χ3v) is 6.80. The van der Waals surface area contributed by atoms with E-state index in [9.17, 15) is 9.59 Å². The lowest BCUT2D eigenvalue weighted by Gasteiger charge is -2.27. The summed E-state index contributed by atoms with van der Waals surface area (Å²) in [6.07, 6.45) is 0.809. The van der Waals surface area contributed by atoms with Crippen molar-refractivity contribution >= 4 is 56.1 Å². The van der Waals surface area contributed by atoms with E-state index in [-0.39, 0.29) is 17.5 Å². The Morgan fingerprint density at radius 2 is 2.10 bits per heavy atom. The van der Waals surface area contributed by atoms with E-state index in [1.54, 1.807) is 16.3 Å². The first kappa shape index (κ1) is 21.0. The number of anilines is 2. The molecule has 1 saturated heterocycles. The number of thiophene rings is 1. The number of amides is 2. The number of morpholine rings is 1. The van der Waals surface area contributed by atoms with E-state index < -0.39 is 0 Å². The van der Waals surface area contributed by atoms with E-state index in [4.69, 9.17) is 4.74 Å². The van der Waals surface area contributed by atoms with E-state index in [0.29, 0.717) is 21.7 Å². The topological polar surface area (TPSA) is 101 Å². The van der Waals surface area contributed by atoms with Gasteiger partial charge in [0.25, 0.3) is 11.8 Å². The van der Waals surface area contributed by atoms with Crippen LogP contribution in [-0.2, 0) is 4.74 Å². The summed E-state index contributed by atoms with van der Waals surface area (Å²) in [6.45, 7) is 4.72. The predicted octanol–water partition coefficient (Wildman–Crippen LogP) is 2.68. The summed E-state index contributed by atoms with van der Waals surface area (Å²) in [7, 11) is 0. The van der Waals surface area contributed by atoms with Crippen molar-refractivity contribution in [2.45, 2.75) is 6.42 Å². The number of ether oxygens (including phenoxy) is 1. The Hall–Kier alpha value is -2.25. The monoisotopic (exact) mass is 464 g/mol. The van der Waals surface area contributed by atoms with Gasteiger partial charge in [0, 0.05) is 31.6 Å². The van der Waals surface area contributed by atoms with Crippen molar-refractivity contribution in [2.75, 3.05) is 49.6 Å². The number of hydrogen-bond donors (Lipinski definition) is 1. The first-order valence-corrected chi connectivity index (χ1v) is 12.0. The van der Waals surface area contributed by atoms with Gasteiger partial charge in [0.1, 0.15) is 11.2 Å². The maximum absolute atomic E-state index is 13.1. The second-order valence-electron chi connectivity index (χ2n) is 6.45. The highest BCUT2D eigenvalue weighted by Crippen LogP contribution is 2.25. The van der Waals surface area contributed by atoms with Crippen LogP contribution >= 0.6 is 34.0 Å². The van der Waals surface area contributed by atoms with Gasteiger partial charge in [-0.05, 0) is 17.9 Å². The molecule has 0 atom stereocenters. The second-order valence-corrected chi connectivity index (χ2v) is 9.07. The number of nitrogens with zero attached hydrogens (tertiary/aromatic N) is 5. The van der Waals surface area contributed by atoms with Gasteiger partial charge in [0.2, 0.25) is 5.13 Å². The molecule has 1 aliphatic heterocycles. The van der Waals surface area contributed by atoms with Gasteiger partial charge >= 0.3 is 0 Å². The Morgan fingerprint density at radius 3 is 2.83 bits per heavy atom. The van der Waals surface area contributed by atoms with Gasteiger partial charge in [-0.1, -0.05) is 17.4 Å². The number of hydrogen-bond acceptors (Lipinski definition) is 10. The molecule has 1 fully saturated rings. The van der Waals surface area contributed by atoms with Gasteiger partial charge in [-0.2, -0.15) is 0 Å². The maximum atomic E-state index is 13.1. The molecule has 4 heterocycles. The highest BCUT2D eigenvalue weighted by molar-refractivity contribution is 7.15. The molecule has 0 aliphatic carbocycles. The highest BCUT2D eigenvalue weighted by Gasteiger charge is 2.23. The first-order valence-electron chi connectivity index (χ1n) is 9.39. The van der Waals surface area contributed by atoms with Crippen LogP contribution in [0.4, 0.5) is 10.3 Å². The molecule has 2 amide bonds. The lowest BCUT2D eigenvalue weighted by Crippen LogP contribution is -2.39. The number of carbonyl (C=O) groups excluding carboxylic acids is 2. The molecule has 0 aromatic carbocycles. The van der Waals surface area contributed by atoms with E-state index in [1.807, 2.05) is 11.4 Å². The van der Waals surface area contributed by atoms with Gasteiger partial charge in [-0.3, -0.25) is 24.7 Å². The average molecular weight is 465 g/mol. The van der Waals surface area contributed by atoms with Crippen molar-refractivity contribution in [1.29, 1.82) is 0 Å². The summed E-state index contributed by atoms with van der Waals surface area (Å²) < 4.78 is 5.39. The van der Waals surface area contributed by atoms with E-state index in [0.717, 1.165) is 39.3 Å². The molecule has 3 aromatic rings. The van der Waals surface area contributed by atoms with Gasteiger partial charge in [0.05, 0.1) is 18.1 Å². The lowest BCUT2D eigenvalue weighted by atomic mass is 10.3. The van der Waals surface area contributed by atoms with Crippen LogP contribution in [0.25, 0.3) is 0 Å². The van der Waals surface area contributed by atoms with Crippen LogP contribution in [0.5, 0.6) is 0 Å². The number of rotatable bonds is 8. The van der Waals surface area contributed by atoms with Crippen LogP contribution in [0.1, 0.15) is 26.6 Å². The third kappa shape index (κ3) is 5.26. The molecular formula is C18H20N6O3S3. The minimum absolute atomic E-state index is 0.0996. The highest BCUT2D eigenvalue weighted by atomic mass is 32.1. The van der Waals surface area contributed by atoms with Crippen molar-refractivity contribution in [1.82, 2.24) is 20.1 Å². The average Bonchev–Trinajstić information content (AvgIpc) is 3.54. The lowest BCUT2D eigenvalue weighted by molar-refractivity contribution is 0.0376. The Morgan fingerprint density at radius 1 is 1.23 bits per heavy atom. The standard InChI is InChI=1S/C18H20N6O3S3/c25-15(21-17-22-19-12-30-17)13-11-29-18(20-13)24(16(26)14-3-1-10-28-14)5-2-4-23-6-8-27-9-7-23/h1,3,10-12H,2,4-9H2,(H,21,22,25). The fourth-order valence-corrected chi connectivity index (χ4v) is 4.92. The normalized spacial score (nSPS) is 14.5. The molecule has 1 N–H and O–H groups in total. The SMILES string of the molecule is O=C(Nc1nncs1)c1csc(N(CCCN2CCOCC2)C(=O)c2cccs2)n1. The van der Waals surface area contributed by atoms with Gasteiger partial charge < -0.3 is 4.74 Å². The molecule has 0 spiro atoms. The largest absolute Gasteiger partial charge is 0.379 e. The Labute approximate surface area is 185 Å². The Bertz CT molecular complexity index is 954. The molecule has 12 heteroatoms. The molecule has 0 saturated carbocycles. The fourth-order valence-electron chi connectivity index (χ4n) is 2.98. The zero-order chi connectivity index (χ0) is 20.8. The zero-order valence-corrected chi connectivity index (χ0v) is 18.5. The Kier molecular flexibility index (Phi) is 7.12. The first-order chi connectivity index (χ1) is 14.7. The van der Waals surface area contributed by atoms with Crippen LogP contribution in [0.3, 0.4) is 0 Å². The predicted molar refractivity (Wildman–Crippen MR) is 118 cm³/mol. The van der Waals surface area contributed by atoms with Crippen molar-refractivity contribution in [3.05, 3.63) is 39.0 Å². The van der Waals surface area contributed by atoms with Crippen LogP contribution < -0.4 is 10.2 Å². The second kappa shape index (κ2) is 10.2. The van der Waals surface area contributed by atoms with E-state index >= 15 is 0 Å². The van der Waals surface area contributed by atoms with Crippen LogP contribution in [0.2, 0.25) is 0 Å².